The molecule has 0 aromatic rings. The molecule has 5 aliphatic rings. The van der Waals surface area contributed by atoms with Crippen LogP contribution >= 0.6 is 0 Å². The maximum absolute atomic E-state index is 13.7. The average Bonchev–Trinajstić information content (AvgIpc) is 3.22. The van der Waals surface area contributed by atoms with Crippen molar-refractivity contribution in [2.24, 2.45) is 56.7 Å². The first-order chi connectivity index (χ1) is 16.8. The molecule has 3 heteroatoms. The van der Waals surface area contributed by atoms with Gasteiger partial charge in [-0.25, -0.2) is 0 Å². The Hall–Kier alpha value is -1.09. The van der Waals surface area contributed by atoms with E-state index in [4.69, 9.17) is 4.74 Å². The van der Waals surface area contributed by atoms with E-state index in [-0.39, 0.29) is 39.1 Å². The largest absolute Gasteiger partial charge is 0.461 e. The van der Waals surface area contributed by atoms with Crippen molar-refractivity contribution >= 4 is 5.97 Å². The number of carbonyl (C=O) groups excluding carboxylic acids is 1. The van der Waals surface area contributed by atoms with Gasteiger partial charge in [0.05, 0.1) is 11.5 Å². The van der Waals surface area contributed by atoms with Crippen molar-refractivity contribution in [3.63, 3.8) is 0 Å². The van der Waals surface area contributed by atoms with E-state index in [1.807, 2.05) is 0 Å². The van der Waals surface area contributed by atoms with Crippen LogP contribution in [0, 0.1) is 56.7 Å². The molecule has 0 aromatic heterocycles. The number of carbonyl (C=O) groups is 1. The fourth-order valence-corrected chi connectivity index (χ4v) is 11.8. The smallest absolute Gasteiger partial charge is 0.312 e. The van der Waals surface area contributed by atoms with Crippen LogP contribution in [-0.4, -0.2) is 23.8 Å². The first-order valence-electron chi connectivity index (χ1n) is 14.9. The third-order valence-electron chi connectivity index (χ3n) is 13.8. The molecule has 5 saturated carbocycles. The highest BCUT2D eigenvalue weighted by molar-refractivity contribution is 5.78. The van der Waals surface area contributed by atoms with Crippen LogP contribution in [-0.2, 0) is 9.53 Å². The second-order valence-corrected chi connectivity index (χ2v) is 15.1. The summed E-state index contributed by atoms with van der Waals surface area (Å²) in [6.07, 6.45) is 12.7. The second-order valence-electron chi connectivity index (χ2n) is 15.1. The number of aliphatic hydroxyl groups excluding tert-OH is 1. The topological polar surface area (TPSA) is 46.5 Å². The highest BCUT2D eigenvalue weighted by Gasteiger charge is 2.72. The highest BCUT2D eigenvalue weighted by atomic mass is 16.5. The molecule has 3 nitrogen and oxygen atoms in total. The summed E-state index contributed by atoms with van der Waals surface area (Å²) in [4.78, 5) is 13.7. The van der Waals surface area contributed by atoms with Gasteiger partial charge in [-0.2, -0.15) is 0 Å². The van der Waals surface area contributed by atoms with Crippen molar-refractivity contribution in [2.45, 2.75) is 112 Å². The lowest BCUT2D eigenvalue weighted by Crippen LogP contribution is -2.67. The number of fused-ring (bicyclic) bond motifs is 7. The summed E-state index contributed by atoms with van der Waals surface area (Å²) in [5, 5.41) is 11.0. The predicted octanol–water partition coefficient (Wildman–Crippen LogP) is 7.73. The first-order valence-corrected chi connectivity index (χ1v) is 14.9. The summed E-state index contributed by atoms with van der Waals surface area (Å²) < 4.78 is 5.82. The number of rotatable bonds is 4. The maximum atomic E-state index is 13.7. The van der Waals surface area contributed by atoms with E-state index in [0.717, 1.165) is 38.5 Å². The Morgan fingerprint density at radius 3 is 2.31 bits per heavy atom. The van der Waals surface area contributed by atoms with Crippen LogP contribution in [0.3, 0.4) is 0 Å². The summed E-state index contributed by atoms with van der Waals surface area (Å²) in [5.74, 6) is 2.60. The van der Waals surface area contributed by atoms with E-state index in [9.17, 15) is 9.90 Å². The fourth-order valence-electron chi connectivity index (χ4n) is 11.8. The van der Waals surface area contributed by atoms with E-state index >= 15 is 0 Å². The Bertz CT molecular complexity index is 935. The number of hydrogen-bond donors (Lipinski definition) is 1. The van der Waals surface area contributed by atoms with Crippen LogP contribution in [0.1, 0.15) is 106 Å². The number of allylic oxidation sites excluding steroid dienone is 1. The van der Waals surface area contributed by atoms with Crippen molar-refractivity contribution in [2.75, 3.05) is 6.61 Å². The molecule has 0 aromatic carbocycles. The molecule has 0 saturated heterocycles. The molecular weight excluding hydrogens is 444 g/mol. The van der Waals surface area contributed by atoms with Crippen LogP contribution in [0.15, 0.2) is 24.8 Å². The lowest BCUT2D eigenvalue weighted by Gasteiger charge is -2.72. The summed E-state index contributed by atoms with van der Waals surface area (Å²) in [6.45, 7) is 23.2. The quantitative estimate of drug-likeness (QED) is 0.320. The molecule has 36 heavy (non-hydrogen) atoms. The number of ether oxygens (including phenoxy) is 1. The molecule has 0 radical (unpaired) electrons. The van der Waals surface area contributed by atoms with Gasteiger partial charge in [0, 0.05) is 0 Å². The van der Waals surface area contributed by atoms with Crippen LogP contribution in [0.25, 0.3) is 0 Å². The summed E-state index contributed by atoms with van der Waals surface area (Å²) >= 11 is 0. The van der Waals surface area contributed by atoms with Gasteiger partial charge >= 0.3 is 5.97 Å². The van der Waals surface area contributed by atoms with E-state index in [1.54, 1.807) is 6.08 Å². The Balaban J connectivity index is 1.54. The molecule has 1 N–H and O–H groups in total. The molecule has 0 bridgehead atoms. The van der Waals surface area contributed by atoms with Crippen LogP contribution in [0.5, 0.6) is 0 Å². The van der Waals surface area contributed by atoms with Crippen LogP contribution in [0.2, 0.25) is 0 Å². The van der Waals surface area contributed by atoms with Crippen LogP contribution in [0.4, 0.5) is 0 Å². The molecule has 10 atom stereocenters. The molecule has 0 aliphatic heterocycles. The minimum Gasteiger partial charge on any atom is -0.461 e. The molecule has 0 spiro atoms. The highest BCUT2D eigenvalue weighted by Crippen LogP contribution is 2.77. The van der Waals surface area contributed by atoms with Gasteiger partial charge in [0.2, 0.25) is 0 Å². The average molecular weight is 497 g/mol. The van der Waals surface area contributed by atoms with Gasteiger partial charge in [0.15, 0.2) is 0 Å². The SMILES string of the molecule is C=CCOC(=O)[C@]12CC[C@@H](C(=C)C)[C@@H]1[C@H]1CC[C@@H]3[C@@]4(C)CC[C@H](O)C(C)(C)[C@@H]4CC[C@@]3(C)[C@]1(C)CC2. The monoisotopic (exact) mass is 496 g/mol. The van der Waals surface area contributed by atoms with Crippen molar-refractivity contribution < 1.29 is 14.6 Å². The van der Waals surface area contributed by atoms with E-state index < -0.39 is 0 Å². The zero-order valence-electron chi connectivity index (χ0n) is 24.0. The van der Waals surface area contributed by atoms with Crippen molar-refractivity contribution in [1.82, 2.24) is 0 Å². The van der Waals surface area contributed by atoms with Crippen molar-refractivity contribution in [3.05, 3.63) is 24.8 Å². The minimum absolute atomic E-state index is 0.0147. The van der Waals surface area contributed by atoms with Gasteiger partial charge in [-0.05, 0) is 122 Å². The standard InChI is InChI=1S/C33H52O3/c1-9-20-36-28(35)33-17-12-22(21(2)3)27(33)23-10-11-25-30(6)15-14-26(34)29(4,5)24(30)13-16-32(25,8)31(23,7)18-19-33/h9,22-27,34H,1-2,10-20H2,3-8H3/t22-,23+,24-,25+,26-,27+,30-,31+,32+,33-/m0/s1. The van der Waals surface area contributed by atoms with Gasteiger partial charge in [0.1, 0.15) is 6.61 Å². The molecule has 5 fully saturated rings. The summed E-state index contributed by atoms with van der Waals surface area (Å²) in [6, 6.07) is 0. The zero-order chi connectivity index (χ0) is 26.3. The Morgan fingerprint density at radius 2 is 1.64 bits per heavy atom. The lowest BCUT2D eigenvalue weighted by atomic mass is 9.32. The molecular formula is C33H52O3. The molecule has 202 valence electrons. The third-order valence-corrected chi connectivity index (χ3v) is 13.8. The van der Waals surface area contributed by atoms with Gasteiger partial charge in [-0.1, -0.05) is 59.4 Å². The predicted molar refractivity (Wildman–Crippen MR) is 146 cm³/mol. The molecule has 0 heterocycles. The Labute approximate surface area is 220 Å². The molecule has 0 amide bonds. The first kappa shape index (κ1) is 26.5. The Morgan fingerprint density at radius 1 is 0.917 bits per heavy atom. The Kier molecular flexibility index (Phi) is 6.23. The van der Waals surface area contributed by atoms with Gasteiger partial charge in [-0.3, -0.25) is 4.79 Å². The van der Waals surface area contributed by atoms with Gasteiger partial charge in [-0.15, -0.1) is 0 Å². The van der Waals surface area contributed by atoms with Crippen LogP contribution < -0.4 is 0 Å². The normalized spacial score (nSPS) is 51.2. The lowest BCUT2D eigenvalue weighted by molar-refractivity contribution is -0.248. The van der Waals surface area contributed by atoms with Crippen molar-refractivity contribution in [3.8, 4) is 0 Å². The number of aliphatic hydroxyl groups is 1. The third kappa shape index (κ3) is 3.23. The minimum atomic E-state index is -0.349. The van der Waals surface area contributed by atoms with E-state index in [1.165, 1.54) is 31.3 Å². The molecule has 5 aliphatic carbocycles. The van der Waals surface area contributed by atoms with E-state index in [0.29, 0.717) is 36.2 Å². The summed E-state index contributed by atoms with van der Waals surface area (Å²) in [5.41, 5.74) is 1.66. The van der Waals surface area contributed by atoms with Crippen molar-refractivity contribution in [1.29, 1.82) is 0 Å². The maximum Gasteiger partial charge on any atom is 0.312 e. The number of hydrogen-bond acceptors (Lipinski definition) is 3. The number of esters is 1. The zero-order valence-corrected chi connectivity index (χ0v) is 24.0. The second kappa shape index (κ2) is 8.45. The van der Waals surface area contributed by atoms with E-state index in [2.05, 4.69) is 54.7 Å². The fraction of sp³-hybridized carbons (Fsp3) is 0.848. The van der Waals surface area contributed by atoms with Gasteiger partial charge < -0.3 is 9.84 Å². The molecule has 5 rings (SSSR count). The van der Waals surface area contributed by atoms with Gasteiger partial charge in [0.25, 0.3) is 0 Å². The molecule has 0 unspecified atom stereocenters. The summed E-state index contributed by atoms with van der Waals surface area (Å²) in [7, 11) is 0.